The summed E-state index contributed by atoms with van der Waals surface area (Å²) < 4.78 is 0. The van der Waals surface area contributed by atoms with Gasteiger partial charge in [0.1, 0.15) is 5.82 Å². The number of rotatable bonds is 7. The van der Waals surface area contributed by atoms with Gasteiger partial charge in [-0.15, -0.1) is 10.2 Å². The largest absolute Gasteiger partial charge is 0.369 e. The van der Waals surface area contributed by atoms with Crippen molar-refractivity contribution in [2.45, 2.75) is 45.6 Å². The molecule has 104 valence electrons. The Morgan fingerprint density at radius 2 is 2.11 bits per heavy atom. The third-order valence-electron chi connectivity index (χ3n) is 3.15. The molecule has 0 atom stereocenters. The Balaban J connectivity index is 2.01. The van der Waals surface area contributed by atoms with E-state index in [1.54, 1.807) is 6.07 Å². The molecule has 5 nitrogen and oxygen atoms in total. The zero-order chi connectivity index (χ0) is 13.7. The predicted molar refractivity (Wildman–Crippen MR) is 75.2 cm³/mol. The van der Waals surface area contributed by atoms with Gasteiger partial charge < -0.3 is 10.2 Å². The van der Waals surface area contributed by atoms with Gasteiger partial charge in [-0.3, -0.25) is 4.79 Å². The fraction of sp³-hybridized carbons (Fsp3) is 0.643. The molecule has 5 heteroatoms. The molecular formula is C14H22N4O. The maximum absolute atomic E-state index is 12.3. The number of carbonyl (C=O) groups excluding carboxylic acids is 1. The van der Waals surface area contributed by atoms with Crippen LogP contribution in [0.2, 0.25) is 0 Å². The number of anilines is 1. The van der Waals surface area contributed by atoms with E-state index in [2.05, 4.69) is 29.4 Å². The minimum atomic E-state index is 0.0129. The lowest BCUT2D eigenvalue weighted by Crippen LogP contribution is -2.34. The maximum Gasteiger partial charge on any atom is 0.274 e. The summed E-state index contributed by atoms with van der Waals surface area (Å²) in [5.74, 6) is 0.741. The Morgan fingerprint density at radius 1 is 1.32 bits per heavy atom. The summed E-state index contributed by atoms with van der Waals surface area (Å²) >= 11 is 0. The van der Waals surface area contributed by atoms with Gasteiger partial charge in [0, 0.05) is 19.1 Å². The average molecular weight is 262 g/mol. The van der Waals surface area contributed by atoms with Crippen molar-refractivity contribution in [3.63, 3.8) is 0 Å². The van der Waals surface area contributed by atoms with Gasteiger partial charge in [0.05, 0.1) is 0 Å². The molecule has 0 aromatic carbocycles. The van der Waals surface area contributed by atoms with E-state index in [9.17, 15) is 4.79 Å². The SMILES string of the molecule is CCCNc1ccc(C(=O)N(CCC)C2CC2)nn1. The lowest BCUT2D eigenvalue weighted by atomic mass is 10.3. The molecule has 1 aliphatic rings. The van der Waals surface area contributed by atoms with Crippen LogP contribution in [0.25, 0.3) is 0 Å². The summed E-state index contributed by atoms with van der Waals surface area (Å²) in [7, 11) is 0. The third-order valence-corrected chi connectivity index (χ3v) is 3.15. The summed E-state index contributed by atoms with van der Waals surface area (Å²) in [5.41, 5.74) is 0.447. The molecule has 1 saturated carbocycles. The first-order valence-corrected chi connectivity index (χ1v) is 7.14. The van der Waals surface area contributed by atoms with E-state index in [1.165, 1.54) is 0 Å². The Labute approximate surface area is 114 Å². The third kappa shape index (κ3) is 3.66. The van der Waals surface area contributed by atoms with E-state index in [0.29, 0.717) is 11.7 Å². The van der Waals surface area contributed by atoms with Gasteiger partial charge in [-0.05, 0) is 37.8 Å². The second kappa shape index (κ2) is 6.50. The van der Waals surface area contributed by atoms with Crippen LogP contribution in [0, 0.1) is 0 Å². The van der Waals surface area contributed by atoms with Gasteiger partial charge >= 0.3 is 0 Å². The van der Waals surface area contributed by atoms with E-state index in [4.69, 9.17) is 0 Å². The molecule has 1 amide bonds. The summed E-state index contributed by atoms with van der Waals surface area (Å²) in [4.78, 5) is 14.3. The Kier molecular flexibility index (Phi) is 4.71. The molecule has 1 N–H and O–H groups in total. The normalized spacial score (nSPS) is 14.2. The summed E-state index contributed by atoms with van der Waals surface area (Å²) in [5, 5.41) is 11.2. The minimum absolute atomic E-state index is 0.0129. The van der Waals surface area contributed by atoms with E-state index in [-0.39, 0.29) is 5.91 Å². The predicted octanol–water partition coefficient (Wildman–Crippen LogP) is 2.31. The summed E-state index contributed by atoms with van der Waals surface area (Å²) in [6, 6.07) is 4.01. The molecule has 0 unspecified atom stereocenters. The first kappa shape index (κ1) is 13.8. The van der Waals surface area contributed by atoms with Crippen LogP contribution in [0.4, 0.5) is 5.82 Å². The van der Waals surface area contributed by atoms with Crippen LogP contribution in [0.15, 0.2) is 12.1 Å². The van der Waals surface area contributed by atoms with Gasteiger partial charge in [0.25, 0.3) is 5.91 Å². The van der Waals surface area contributed by atoms with Crippen molar-refractivity contribution in [1.82, 2.24) is 15.1 Å². The summed E-state index contributed by atoms with van der Waals surface area (Å²) in [6.45, 7) is 5.86. The Hall–Kier alpha value is -1.65. The molecule has 1 aliphatic carbocycles. The molecule has 0 spiro atoms. The van der Waals surface area contributed by atoms with Crippen molar-refractivity contribution in [1.29, 1.82) is 0 Å². The van der Waals surface area contributed by atoms with Crippen molar-refractivity contribution in [3.05, 3.63) is 17.8 Å². The quantitative estimate of drug-likeness (QED) is 0.819. The molecule has 1 aromatic heterocycles. The van der Waals surface area contributed by atoms with Crippen LogP contribution in [-0.4, -0.2) is 40.1 Å². The highest BCUT2D eigenvalue weighted by molar-refractivity contribution is 5.92. The Morgan fingerprint density at radius 3 is 2.63 bits per heavy atom. The van der Waals surface area contributed by atoms with Crippen molar-refractivity contribution in [3.8, 4) is 0 Å². The molecule has 0 bridgehead atoms. The molecule has 1 heterocycles. The van der Waals surface area contributed by atoms with Gasteiger partial charge in [-0.2, -0.15) is 0 Å². The zero-order valence-corrected chi connectivity index (χ0v) is 11.7. The first-order chi connectivity index (χ1) is 9.26. The topological polar surface area (TPSA) is 58.1 Å². The van der Waals surface area contributed by atoms with Crippen LogP contribution in [0.5, 0.6) is 0 Å². The van der Waals surface area contributed by atoms with Crippen LogP contribution < -0.4 is 5.32 Å². The van der Waals surface area contributed by atoms with Crippen molar-refractivity contribution in [2.75, 3.05) is 18.4 Å². The average Bonchev–Trinajstić information content (AvgIpc) is 3.27. The highest BCUT2D eigenvalue weighted by Crippen LogP contribution is 2.28. The molecular weight excluding hydrogens is 240 g/mol. The highest BCUT2D eigenvalue weighted by Gasteiger charge is 2.32. The number of nitrogens with zero attached hydrogens (tertiary/aromatic N) is 3. The fourth-order valence-corrected chi connectivity index (χ4v) is 2.02. The van der Waals surface area contributed by atoms with E-state index >= 15 is 0 Å². The smallest absolute Gasteiger partial charge is 0.274 e. The maximum atomic E-state index is 12.3. The van der Waals surface area contributed by atoms with Crippen molar-refractivity contribution >= 4 is 11.7 Å². The monoisotopic (exact) mass is 262 g/mol. The lowest BCUT2D eigenvalue weighted by Gasteiger charge is -2.20. The minimum Gasteiger partial charge on any atom is -0.369 e. The van der Waals surface area contributed by atoms with Crippen molar-refractivity contribution < 1.29 is 4.79 Å². The molecule has 0 radical (unpaired) electrons. The molecule has 2 rings (SSSR count). The lowest BCUT2D eigenvalue weighted by molar-refractivity contribution is 0.0736. The van der Waals surface area contributed by atoms with Crippen molar-refractivity contribution in [2.24, 2.45) is 0 Å². The van der Waals surface area contributed by atoms with Gasteiger partial charge in [0.2, 0.25) is 0 Å². The molecule has 1 aromatic rings. The van der Waals surface area contributed by atoms with E-state index < -0.39 is 0 Å². The molecule has 0 saturated heterocycles. The van der Waals surface area contributed by atoms with Gasteiger partial charge in [-0.25, -0.2) is 0 Å². The standard InChI is InChI=1S/C14H22N4O/c1-3-9-15-13-8-7-12(16-17-13)14(19)18(10-4-2)11-5-6-11/h7-8,11H,3-6,9-10H2,1-2H3,(H,15,17). The number of nitrogens with one attached hydrogen (secondary N) is 1. The number of carbonyl (C=O) groups is 1. The zero-order valence-electron chi connectivity index (χ0n) is 11.7. The second-order valence-electron chi connectivity index (χ2n) is 4.96. The van der Waals surface area contributed by atoms with Gasteiger partial charge in [-0.1, -0.05) is 13.8 Å². The van der Waals surface area contributed by atoms with Crippen LogP contribution >= 0.6 is 0 Å². The van der Waals surface area contributed by atoms with E-state index in [0.717, 1.165) is 44.6 Å². The highest BCUT2D eigenvalue weighted by atomic mass is 16.2. The van der Waals surface area contributed by atoms with Crippen LogP contribution in [-0.2, 0) is 0 Å². The fourth-order valence-electron chi connectivity index (χ4n) is 2.02. The molecule has 1 fully saturated rings. The molecule has 0 aliphatic heterocycles. The van der Waals surface area contributed by atoms with Gasteiger partial charge in [0.15, 0.2) is 5.69 Å². The summed E-state index contributed by atoms with van der Waals surface area (Å²) in [6.07, 6.45) is 4.25. The Bertz CT molecular complexity index is 414. The van der Waals surface area contributed by atoms with Crippen LogP contribution in [0.3, 0.4) is 0 Å². The number of amides is 1. The number of hydrogen-bond acceptors (Lipinski definition) is 4. The number of aromatic nitrogens is 2. The number of hydrogen-bond donors (Lipinski definition) is 1. The second-order valence-corrected chi connectivity index (χ2v) is 4.96. The van der Waals surface area contributed by atoms with E-state index in [1.807, 2.05) is 11.0 Å². The van der Waals surface area contributed by atoms with Crippen LogP contribution in [0.1, 0.15) is 50.0 Å². The first-order valence-electron chi connectivity index (χ1n) is 7.14. The molecule has 19 heavy (non-hydrogen) atoms.